The molecular weight excluding hydrogens is 292 g/mol. The molecule has 0 saturated heterocycles. The molecule has 2 rings (SSSR count). The Balaban J connectivity index is 2.22. The van der Waals surface area contributed by atoms with E-state index in [4.69, 9.17) is 22.1 Å². The van der Waals surface area contributed by atoms with Gasteiger partial charge >= 0.3 is 0 Å². The van der Waals surface area contributed by atoms with Crippen LogP contribution in [0.4, 0.5) is 11.4 Å². The average Bonchev–Trinajstić information content (AvgIpc) is 2.83. The van der Waals surface area contributed by atoms with Gasteiger partial charge < -0.3 is 15.8 Å². The number of aromatic nitrogens is 2. The van der Waals surface area contributed by atoms with Crippen molar-refractivity contribution in [1.82, 2.24) is 10.2 Å². The van der Waals surface area contributed by atoms with E-state index < -0.39 is 5.91 Å². The number of ether oxygens (including phenoxy) is 1. The molecule has 2 aromatic rings. The van der Waals surface area contributed by atoms with E-state index in [1.54, 1.807) is 18.2 Å². The number of nitrogen functional groups attached to an aromatic ring is 1. The van der Waals surface area contributed by atoms with E-state index >= 15 is 0 Å². The molecule has 112 valence electrons. The van der Waals surface area contributed by atoms with E-state index in [0.717, 1.165) is 18.5 Å². The highest BCUT2D eigenvalue weighted by Crippen LogP contribution is 2.27. The van der Waals surface area contributed by atoms with Gasteiger partial charge in [0.25, 0.3) is 5.91 Å². The van der Waals surface area contributed by atoms with Crippen molar-refractivity contribution in [3.05, 3.63) is 34.6 Å². The normalized spacial score (nSPS) is 10.4. The Hall–Kier alpha value is -2.21. The first-order valence-corrected chi connectivity index (χ1v) is 6.92. The van der Waals surface area contributed by atoms with Crippen LogP contribution in [0.25, 0.3) is 0 Å². The molecule has 0 fully saturated rings. The summed E-state index contributed by atoms with van der Waals surface area (Å²) in [5, 5.41) is 9.85. The summed E-state index contributed by atoms with van der Waals surface area (Å²) < 4.78 is 5.10. The van der Waals surface area contributed by atoms with Crippen molar-refractivity contribution in [2.45, 2.75) is 19.8 Å². The lowest BCUT2D eigenvalue weighted by atomic mass is 10.2. The van der Waals surface area contributed by atoms with Gasteiger partial charge in [0, 0.05) is 6.07 Å². The van der Waals surface area contributed by atoms with E-state index in [1.807, 2.05) is 6.92 Å². The van der Waals surface area contributed by atoms with Crippen molar-refractivity contribution < 1.29 is 9.53 Å². The molecule has 0 aliphatic rings. The summed E-state index contributed by atoms with van der Waals surface area (Å²) in [5.41, 5.74) is 7.67. The largest absolute Gasteiger partial charge is 0.497 e. The highest BCUT2D eigenvalue weighted by molar-refractivity contribution is 6.34. The molecule has 1 aromatic heterocycles. The zero-order chi connectivity index (χ0) is 15.4. The molecule has 6 nitrogen and oxygen atoms in total. The molecule has 0 aliphatic heterocycles. The standard InChI is InChI=1S/C14H17ClN4O2/c1-3-4-10-12(16)13(19-18-10)14(20)17-11-7-8(21-2)5-6-9(11)15/h5-7H,3-4,16H2,1-2H3,(H,17,20)(H,18,19). The number of nitrogens with zero attached hydrogens (tertiary/aromatic N) is 1. The van der Waals surface area contributed by atoms with Crippen molar-refractivity contribution in [2.24, 2.45) is 0 Å². The fraction of sp³-hybridized carbons (Fsp3) is 0.286. The Morgan fingerprint density at radius 3 is 2.95 bits per heavy atom. The Morgan fingerprint density at radius 2 is 2.29 bits per heavy atom. The van der Waals surface area contributed by atoms with Crippen LogP contribution in [0.5, 0.6) is 5.75 Å². The maximum Gasteiger partial charge on any atom is 0.278 e. The van der Waals surface area contributed by atoms with Crippen LogP contribution in [0.2, 0.25) is 5.02 Å². The molecule has 1 heterocycles. The minimum absolute atomic E-state index is 0.164. The van der Waals surface area contributed by atoms with Crippen LogP contribution < -0.4 is 15.8 Å². The van der Waals surface area contributed by atoms with Gasteiger partial charge in [0.15, 0.2) is 5.69 Å². The molecule has 0 bridgehead atoms. The predicted molar refractivity (Wildman–Crippen MR) is 83.0 cm³/mol. The molecule has 0 unspecified atom stereocenters. The smallest absolute Gasteiger partial charge is 0.278 e. The van der Waals surface area contributed by atoms with Crippen LogP contribution in [0.3, 0.4) is 0 Å². The summed E-state index contributed by atoms with van der Waals surface area (Å²) >= 11 is 6.05. The number of amides is 1. The first-order chi connectivity index (χ1) is 10.1. The van der Waals surface area contributed by atoms with E-state index in [2.05, 4.69) is 15.5 Å². The van der Waals surface area contributed by atoms with E-state index in [9.17, 15) is 4.79 Å². The van der Waals surface area contributed by atoms with Crippen LogP contribution in [-0.2, 0) is 6.42 Å². The quantitative estimate of drug-likeness (QED) is 0.791. The van der Waals surface area contributed by atoms with Gasteiger partial charge in [-0.3, -0.25) is 9.89 Å². The molecular formula is C14H17ClN4O2. The van der Waals surface area contributed by atoms with Crippen molar-refractivity contribution in [1.29, 1.82) is 0 Å². The van der Waals surface area contributed by atoms with E-state index in [0.29, 0.717) is 22.1 Å². The average molecular weight is 309 g/mol. The van der Waals surface area contributed by atoms with Gasteiger partial charge in [0.05, 0.1) is 29.2 Å². The topological polar surface area (TPSA) is 93.0 Å². The highest BCUT2D eigenvalue weighted by Gasteiger charge is 2.18. The third kappa shape index (κ3) is 3.28. The van der Waals surface area contributed by atoms with Crippen molar-refractivity contribution >= 4 is 28.9 Å². The van der Waals surface area contributed by atoms with Gasteiger partial charge in [0.1, 0.15) is 5.75 Å². The van der Waals surface area contributed by atoms with Gasteiger partial charge in [-0.25, -0.2) is 0 Å². The second-order valence-corrected chi connectivity index (χ2v) is 4.92. The molecule has 1 amide bonds. The molecule has 0 radical (unpaired) electrons. The first kappa shape index (κ1) is 15.2. The zero-order valence-corrected chi connectivity index (χ0v) is 12.6. The third-order valence-electron chi connectivity index (χ3n) is 3.02. The van der Waals surface area contributed by atoms with Crippen molar-refractivity contribution in [2.75, 3.05) is 18.2 Å². The molecule has 0 saturated carbocycles. The number of hydrogen-bond acceptors (Lipinski definition) is 4. The van der Waals surface area contributed by atoms with Crippen LogP contribution in [0.15, 0.2) is 18.2 Å². The number of nitrogens with one attached hydrogen (secondary N) is 2. The number of aromatic amines is 1. The van der Waals surface area contributed by atoms with Crippen molar-refractivity contribution in [3.8, 4) is 5.75 Å². The van der Waals surface area contributed by atoms with Crippen LogP contribution in [-0.4, -0.2) is 23.2 Å². The minimum atomic E-state index is -0.416. The molecule has 7 heteroatoms. The maximum absolute atomic E-state index is 12.2. The second-order valence-electron chi connectivity index (χ2n) is 4.51. The fourth-order valence-corrected chi connectivity index (χ4v) is 2.07. The van der Waals surface area contributed by atoms with Gasteiger partial charge in [0.2, 0.25) is 0 Å². The zero-order valence-electron chi connectivity index (χ0n) is 11.9. The lowest BCUT2D eigenvalue weighted by molar-refractivity contribution is 0.102. The van der Waals surface area contributed by atoms with Crippen LogP contribution in [0.1, 0.15) is 29.5 Å². The number of rotatable bonds is 5. The predicted octanol–water partition coefficient (Wildman–Crippen LogP) is 2.86. The number of benzene rings is 1. The summed E-state index contributed by atoms with van der Waals surface area (Å²) in [6.45, 7) is 2.02. The summed E-state index contributed by atoms with van der Waals surface area (Å²) in [6.07, 6.45) is 1.65. The number of carbonyl (C=O) groups is 1. The number of nitrogens with two attached hydrogens (primary N) is 1. The molecule has 0 aliphatic carbocycles. The molecule has 21 heavy (non-hydrogen) atoms. The number of H-pyrrole nitrogens is 1. The summed E-state index contributed by atoms with van der Waals surface area (Å²) in [6, 6.07) is 4.99. The monoisotopic (exact) mass is 308 g/mol. The summed E-state index contributed by atoms with van der Waals surface area (Å²) in [5.74, 6) is 0.178. The number of halogens is 1. The molecule has 0 spiro atoms. The Kier molecular flexibility index (Phi) is 4.70. The summed E-state index contributed by atoms with van der Waals surface area (Å²) in [4.78, 5) is 12.2. The lowest BCUT2D eigenvalue weighted by Gasteiger charge is -2.08. The van der Waals surface area contributed by atoms with Gasteiger partial charge in [-0.1, -0.05) is 24.9 Å². The van der Waals surface area contributed by atoms with Gasteiger partial charge in [-0.15, -0.1) is 0 Å². The number of methoxy groups -OCH3 is 1. The van der Waals surface area contributed by atoms with Gasteiger partial charge in [-0.2, -0.15) is 5.10 Å². The SMILES string of the molecule is CCCc1[nH]nc(C(=O)Nc2cc(OC)ccc2Cl)c1N. The number of hydrogen-bond donors (Lipinski definition) is 3. The summed E-state index contributed by atoms with van der Waals surface area (Å²) in [7, 11) is 1.54. The van der Waals surface area contributed by atoms with E-state index in [-0.39, 0.29) is 5.69 Å². The fourth-order valence-electron chi connectivity index (χ4n) is 1.91. The third-order valence-corrected chi connectivity index (χ3v) is 3.35. The molecule has 1 aromatic carbocycles. The van der Waals surface area contributed by atoms with E-state index in [1.165, 1.54) is 7.11 Å². The van der Waals surface area contributed by atoms with Gasteiger partial charge in [-0.05, 0) is 18.6 Å². The minimum Gasteiger partial charge on any atom is -0.497 e. The Labute approximate surface area is 127 Å². The Bertz CT molecular complexity index is 654. The van der Waals surface area contributed by atoms with Crippen molar-refractivity contribution in [3.63, 3.8) is 0 Å². The maximum atomic E-state index is 12.2. The first-order valence-electron chi connectivity index (χ1n) is 6.54. The second kappa shape index (κ2) is 6.49. The van der Waals surface area contributed by atoms with Crippen LogP contribution >= 0.6 is 11.6 Å². The number of carbonyl (C=O) groups excluding carboxylic acids is 1. The number of anilines is 2. The molecule has 0 atom stereocenters. The van der Waals surface area contributed by atoms with Crippen LogP contribution in [0, 0.1) is 0 Å². The Morgan fingerprint density at radius 1 is 1.52 bits per heavy atom. The number of aryl methyl sites for hydroxylation is 1. The molecule has 4 N–H and O–H groups in total. The highest BCUT2D eigenvalue weighted by atomic mass is 35.5. The lowest BCUT2D eigenvalue weighted by Crippen LogP contribution is -2.14.